The van der Waals surface area contributed by atoms with E-state index >= 15 is 0 Å². The highest BCUT2D eigenvalue weighted by Gasteiger charge is 2.09. The van der Waals surface area contributed by atoms with Crippen LogP contribution in [0.4, 0.5) is 0 Å². The molecule has 0 aliphatic heterocycles. The number of aliphatic hydroxyl groups is 2. The van der Waals surface area contributed by atoms with E-state index in [4.69, 9.17) is 20.4 Å². The zero-order valence-electron chi connectivity index (χ0n) is 6.67. The second-order valence-corrected chi connectivity index (χ2v) is 2.36. The Balaban J connectivity index is 3.99. The Morgan fingerprint density at radius 1 is 1.23 bits per heavy atom. The molecule has 6 heteroatoms. The Kier molecular flexibility index (Phi) is 4.53. The molecule has 13 heavy (non-hydrogen) atoms. The minimum Gasteiger partial charge on any atom is -0.502 e. The van der Waals surface area contributed by atoms with Crippen LogP contribution in [0, 0.1) is 0 Å². The number of carboxylic acid groups (broad SMARTS) is 2. The highest BCUT2D eigenvalue weighted by molar-refractivity contribution is 5.83. The minimum atomic E-state index is -1.56. The topological polar surface area (TPSA) is 115 Å². The average Bonchev–Trinajstić information content (AvgIpc) is 2.00. The van der Waals surface area contributed by atoms with Crippen molar-refractivity contribution in [2.24, 2.45) is 0 Å². The molecule has 0 fully saturated rings. The second kappa shape index (κ2) is 5.15. The highest BCUT2D eigenvalue weighted by Crippen LogP contribution is 2.01. The van der Waals surface area contributed by atoms with Gasteiger partial charge in [-0.2, -0.15) is 0 Å². The molecule has 0 spiro atoms. The first-order chi connectivity index (χ1) is 5.93. The molecule has 0 aromatic heterocycles. The van der Waals surface area contributed by atoms with Crippen molar-refractivity contribution in [1.82, 2.24) is 0 Å². The predicted octanol–water partition coefficient (Wildman–Crippen LogP) is -0.261. The monoisotopic (exact) mass is 190 g/mol. The Morgan fingerprint density at radius 3 is 2.15 bits per heavy atom. The van der Waals surface area contributed by atoms with Gasteiger partial charge in [0.15, 0.2) is 5.76 Å². The van der Waals surface area contributed by atoms with Crippen LogP contribution < -0.4 is 0 Å². The van der Waals surface area contributed by atoms with Crippen molar-refractivity contribution in [1.29, 1.82) is 0 Å². The maximum absolute atomic E-state index is 10.0. The van der Waals surface area contributed by atoms with Gasteiger partial charge >= 0.3 is 11.9 Å². The van der Waals surface area contributed by atoms with Crippen molar-refractivity contribution in [3.05, 3.63) is 11.8 Å². The first-order valence-electron chi connectivity index (χ1n) is 3.47. The SMILES string of the molecule is O=C(O)CCC(O)/C=C(/O)C(=O)O. The van der Waals surface area contributed by atoms with Gasteiger partial charge in [-0.3, -0.25) is 4.79 Å². The van der Waals surface area contributed by atoms with Crippen molar-refractivity contribution < 1.29 is 30.0 Å². The van der Waals surface area contributed by atoms with Crippen LogP contribution in [0.15, 0.2) is 11.8 Å². The summed E-state index contributed by atoms with van der Waals surface area (Å²) in [6.07, 6.45) is -0.991. The summed E-state index contributed by atoms with van der Waals surface area (Å²) in [5.41, 5.74) is 0. The lowest BCUT2D eigenvalue weighted by atomic mass is 10.2. The van der Waals surface area contributed by atoms with Crippen LogP contribution in [0.5, 0.6) is 0 Å². The first kappa shape index (κ1) is 11.4. The van der Waals surface area contributed by atoms with Gasteiger partial charge in [0.05, 0.1) is 6.10 Å². The zero-order chi connectivity index (χ0) is 10.4. The third kappa shape index (κ3) is 5.68. The Labute approximate surface area is 73.7 Å². The van der Waals surface area contributed by atoms with Gasteiger partial charge in [0.1, 0.15) is 0 Å². The van der Waals surface area contributed by atoms with Crippen molar-refractivity contribution in [3.8, 4) is 0 Å². The Bertz CT molecular complexity index is 231. The standard InChI is InChI=1S/C7H10O6/c8-4(1-2-6(10)11)3-5(9)7(12)13/h3-4,8-9H,1-2H2,(H,10,11)(H,12,13)/b5-3+. The van der Waals surface area contributed by atoms with E-state index in [1.54, 1.807) is 0 Å². The van der Waals surface area contributed by atoms with Crippen LogP contribution in [0.1, 0.15) is 12.8 Å². The minimum absolute atomic E-state index is 0.132. The van der Waals surface area contributed by atoms with Crippen molar-refractivity contribution in [2.75, 3.05) is 0 Å². The highest BCUT2D eigenvalue weighted by atomic mass is 16.4. The lowest BCUT2D eigenvalue weighted by molar-refractivity contribution is -0.137. The molecule has 0 rings (SSSR count). The van der Waals surface area contributed by atoms with Crippen molar-refractivity contribution in [3.63, 3.8) is 0 Å². The lowest BCUT2D eigenvalue weighted by Gasteiger charge is -2.02. The van der Waals surface area contributed by atoms with Gasteiger partial charge in [-0.15, -0.1) is 0 Å². The van der Waals surface area contributed by atoms with Gasteiger partial charge < -0.3 is 20.4 Å². The van der Waals surface area contributed by atoms with Crippen LogP contribution in [0.2, 0.25) is 0 Å². The zero-order valence-corrected chi connectivity index (χ0v) is 6.67. The molecule has 0 aliphatic carbocycles. The van der Waals surface area contributed by atoms with E-state index in [2.05, 4.69) is 0 Å². The first-order valence-corrected chi connectivity index (χ1v) is 3.47. The van der Waals surface area contributed by atoms with E-state index in [0.717, 1.165) is 0 Å². The molecule has 6 nitrogen and oxygen atoms in total. The fourth-order valence-corrected chi connectivity index (χ4v) is 0.608. The second-order valence-electron chi connectivity index (χ2n) is 2.36. The van der Waals surface area contributed by atoms with Gasteiger partial charge in [0, 0.05) is 6.42 Å². The summed E-state index contributed by atoms with van der Waals surface area (Å²) >= 11 is 0. The van der Waals surface area contributed by atoms with E-state index < -0.39 is 23.8 Å². The number of rotatable bonds is 5. The number of aliphatic hydroxyl groups excluding tert-OH is 2. The summed E-state index contributed by atoms with van der Waals surface area (Å²) in [5.74, 6) is -3.64. The van der Waals surface area contributed by atoms with Crippen LogP contribution >= 0.6 is 0 Å². The number of carboxylic acids is 2. The molecule has 0 aromatic rings. The molecule has 74 valence electrons. The fourth-order valence-electron chi connectivity index (χ4n) is 0.608. The van der Waals surface area contributed by atoms with Crippen molar-refractivity contribution in [2.45, 2.75) is 18.9 Å². The molecular formula is C7H10O6. The van der Waals surface area contributed by atoms with E-state index in [1.165, 1.54) is 0 Å². The molecule has 0 aromatic carbocycles. The molecule has 1 unspecified atom stereocenters. The molecule has 1 atom stereocenters. The summed E-state index contributed by atoms with van der Waals surface area (Å²) in [4.78, 5) is 20.0. The molecule has 4 N–H and O–H groups in total. The van der Waals surface area contributed by atoms with E-state index in [0.29, 0.717) is 6.08 Å². The Hall–Kier alpha value is -1.56. The summed E-state index contributed by atoms with van der Waals surface area (Å²) in [6.45, 7) is 0. The Morgan fingerprint density at radius 2 is 1.77 bits per heavy atom. The van der Waals surface area contributed by atoms with Crippen molar-refractivity contribution >= 4 is 11.9 Å². The quantitative estimate of drug-likeness (QED) is 0.350. The maximum Gasteiger partial charge on any atom is 0.370 e. The molecule has 0 saturated carbocycles. The van der Waals surface area contributed by atoms with Crippen LogP contribution in [0.25, 0.3) is 0 Å². The van der Waals surface area contributed by atoms with Crippen LogP contribution in [-0.4, -0.2) is 38.5 Å². The van der Waals surface area contributed by atoms with Crippen LogP contribution in [-0.2, 0) is 9.59 Å². The lowest BCUT2D eigenvalue weighted by Crippen LogP contribution is -2.10. The van der Waals surface area contributed by atoms with E-state index in [1.807, 2.05) is 0 Å². The van der Waals surface area contributed by atoms with E-state index in [9.17, 15) is 9.59 Å². The molecule has 0 heterocycles. The third-order valence-corrected chi connectivity index (χ3v) is 1.22. The van der Waals surface area contributed by atoms with Gasteiger partial charge in [0.2, 0.25) is 0 Å². The molecule has 0 radical (unpaired) electrons. The average molecular weight is 190 g/mol. The fraction of sp³-hybridized carbons (Fsp3) is 0.429. The van der Waals surface area contributed by atoms with Gasteiger partial charge in [-0.1, -0.05) is 0 Å². The molecule has 0 aliphatic rings. The summed E-state index contributed by atoms with van der Waals surface area (Å²) in [5, 5.41) is 33.9. The smallest absolute Gasteiger partial charge is 0.370 e. The van der Waals surface area contributed by atoms with Gasteiger partial charge in [0.25, 0.3) is 0 Å². The normalized spacial score (nSPS) is 13.8. The molecule has 0 amide bonds. The number of hydrogen-bond donors (Lipinski definition) is 4. The molecule has 0 bridgehead atoms. The summed E-state index contributed by atoms with van der Waals surface area (Å²) in [6, 6.07) is 0. The molecule has 0 saturated heterocycles. The number of aliphatic carboxylic acids is 2. The summed E-state index contributed by atoms with van der Waals surface area (Å²) in [7, 11) is 0. The largest absolute Gasteiger partial charge is 0.502 e. The third-order valence-electron chi connectivity index (χ3n) is 1.22. The maximum atomic E-state index is 10.0. The van der Waals surface area contributed by atoms with Crippen LogP contribution in [0.3, 0.4) is 0 Å². The summed E-state index contributed by atoms with van der Waals surface area (Å²) < 4.78 is 0. The van der Waals surface area contributed by atoms with Gasteiger partial charge in [-0.25, -0.2) is 4.79 Å². The predicted molar refractivity (Wildman–Crippen MR) is 41.2 cm³/mol. The van der Waals surface area contributed by atoms with E-state index in [-0.39, 0.29) is 12.8 Å². The van der Waals surface area contributed by atoms with Gasteiger partial charge in [-0.05, 0) is 12.5 Å². The number of carbonyl (C=O) groups is 2. The number of hydrogen-bond acceptors (Lipinski definition) is 4. The molecular weight excluding hydrogens is 180 g/mol.